The zero-order chi connectivity index (χ0) is 19.3. The summed E-state index contributed by atoms with van der Waals surface area (Å²) in [6.07, 6.45) is 2.60. The first kappa shape index (κ1) is 18.8. The van der Waals surface area contributed by atoms with Gasteiger partial charge in [0.05, 0.1) is 17.6 Å². The third kappa shape index (κ3) is 4.12. The van der Waals surface area contributed by atoms with E-state index in [4.69, 9.17) is 0 Å². The SMILES string of the molecule is COC(=O)c1sc(NC(=O)/C=C/c2cccc([N+](=O)[O-])c2)c(C#N)c1C. The average molecular weight is 371 g/mol. The summed E-state index contributed by atoms with van der Waals surface area (Å²) in [6.45, 7) is 1.59. The number of carbonyl (C=O) groups is 2. The Kier molecular flexibility index (Phi) is 5.82. The number of thiophene rings is 1. The van der Waals surface area contributed by atoms with Gasteiger partial charge in [-0.05, 0) is 24.1 Å². The Labute approximate surface area is 152 Å². The number of ether oxygens (including phenoxy) is 1. The van der Waals surface area contributed by atoms with E-state index in [2.05, 4.69) is 10.1 Å². The summed E-state index contributed by atoms with van der Waals surface area (Å²) >= 11 is 0.948. The van der Waals surface area contributed by atoms with Gasteiger partial charge in [0.15, 0.2) is 0 Å². The molecule has 0 bridgehead atoms. The molecule has 9 heteroatoms. The second-order valence-corrected chi connectivity index (χ2v) is 6.06. The molecule has 8 nitrogen and oxygen atoms in total. The van der Waals surface area contributed by atoms with Gasteiger partial charge in [-0.25, -0.2) is 4.79 Å². The number of nitrogens with one attached hydrogen (secondary N) is 1. The third-order valence-corrected chi connectivity index (χ3v) is 4.56. The van der Waals surface area contributed by atoms with Crippen LogP contribution in [0.2, 0.25) is 0 Å². The van der Waals surface area contributed by atoms with Crippen LogP contribution in [-0.2, 0) is 9.53 Å². The van der Waals surface area contributed by atoms with Crippen LogP contribution in [0.1, 0.15) is 26.4 Å². The van der Waals surface area contributed by atoms with E-state index in [1.54, 1.807) is 13.0 Å². The van der Waals surface area contributed by atoms with Crippen LogP contribution in [0, 0.1) is 28.4 Å². The molecule has 0 aliphatic heterocycles. The number of amides is 1. The van der Waals surface area contributed by atoms with Gasteiger partial charge in [-0.2, -0.15) is 5.26 Å². The average Bonchev–Trinajstić information content (AvgIpc) is 2.94. The lowest BCUT2D eigenvalue weighted by Crippen LogP contribution is -2.07. The highest BCUT2D eigenvalue weighted by Gasteiger charge is 2.21. The first-order valence-electron chi connectivity index (χ1n) is 7.22. The summed E-state index contributed by atoms with van der Waals surface area (Å²) in [7, 11) is 1.23. The van der Waals surface area contributed by atoms with Gasteiger partial charge >= 0.3 is 5.97 Å². The molecule has 0 fully saturated rings. The van der Waals surface area contributed by atoms with Crippen LogP contribution in [0.15, 0.2) is 30.3 Å². The van der Waals surface area contributed by atoms with E-state index in [-0.39, 0.29) is 21.1 Å². The van der Waals surface area contributed by atoms with Crippen molar-refractivity contribution in [1.82, 2.24) is 0 Å². The minimum absolute atomic E-state index is 0.0871. The van der Waals surface area contributed by atoms with E-state index in [0.717, 1.165) is 11.3 Å². The molecule has 2 rings (SSSR count). The maximum Gasteiger partial charge on any atom is 0.348 e. The molecule has 0 saturated carbocycles. The van der Waals surface area contributed by atoms with Gasteiger partial charge in [-0.3, -0.25) is 14.9 Å². The van der Waals surface area contributed by atoms with Gasteiger partial charge in [0.25, 0.3) is 5.69 Å². The molecule has 26 heavy (non-hydrogen) atoms. The second-order valence-electron chi connectivity index (χ2n) is 5.04. The van der Waals surface area contributed by atoms with Crippen LogP contribution in [0.4, 0.5) is 10.7 Å². The zero-order valence-electron chi connectivity index (χ0n) is 13.8. The monoisotopic (exact) mass is 371 g/mol. The second kappa shape index (κ2) is 8.04. The van der Waals surface area contributed by atoms with Crippen molar-refractivity contribution in [2.24, 2.45) is 0 Å². The molecule has 0 aliphatic carbocycles. The van der Waals surface area contributed by atoms with Crippen LogP contribution < -0.4 is 5.32 Å². The molecule has 1 amide bonds. The van der Waals surface area contributed by atoms with Crippen LogP contribution in [0.25, 0.3) is 6.08 Å². The highest BCUT2D eigenvalue weighted by atomic mass is 32.1. The Morgan fingerprint density at radius 1 is 1.42 bits per heavy atom. The minimum Gasteiger partial charge on any atom is -0.465 e. The van der Waals surface area contributed by atoms with Crippen LogP contribution in [-0.4, -0.2) is 23.9 Å². The van der Waals surface area contributed by atoms with Crippen molar-refractivity contribution < 1.29 is 19.2 Å². The van der Waals surface area contributed by atoms with E-state index in [0.29, 0.717) is 11.1 Å². The van der Waals surface area contributed by atoms with E-state index in [9.17, 15) is 25.0 Å². The number of non-ortho nitro benzene ring substituents is 1. The first-order valence-corrected chi connectivity index (χ1v) is 8.04. The standard InChI is InChI=1S/C17H13N3O5S/c1-10-13(9-18)16(26-15(10)17(22)25-2)19-14(21)7-6-11-4-3-5-12(8-11)20(23)24/h3-8H,1-2H3,(H,19,21)/b7-6+. The number of hydrogen-bond acceptors (Lipinski definition) is 7. The van der Waals surface area contributed by atoms with Crippen LogP contribution >= 0.6 is 11.3 Å². The van der Waals surface area contributed by atoms with Gasteiger partial charge in [0.1, 0.15) is 15.9 Å². The smallest absolute Gasteiger partial charge is 0.348 e. The Morgan fingerprint density at radius 2 is 2.15 bits per heavy atom. The Morgan fingerprint density at radius 3 is 2.77 bits per heavy atom. The Hall–Kier alpha value is -3.51. The molecule has 0 atom stereocenters. The number of nitrogens with zero attached hydrogens (tertiary/aromatic N) is 2. The number of esters is 1. The lowest BCUT2D eigenvalue weighted by Gasteiger charge is -1.99. The van der Waals surface area contributed by atoms with Gasteiger partial charge in [-0.1, -0.05) is 12.1 Å². The number of anilines is 1. The largest absolute Gasteiger partial charge is 0.465 e. The summed E-state index contributed by atoms with van der Waals surface area (Å²) < 4.78 is 4.65. The quantitative estimate of drug-likeness (QED) is 0.372. The highest BCUT2D eigenvalue weighted by molar-refractivity contribution is 7.18. The number of methoxy groups -OCH3 is 1. The zero-order valence-corrected chi connectivity index (χ0v) is 14.6. The van der Waals surface area contributed by atoms with Gasteiger partial charge < -0.3 is 10.1 Å². The number of nitro groups is 1. The molecule has 1 N–H and O–H groups in total. The maximum atomic E-state index is 12.1. The lowest BCUT2D eigenvalue weighted by atomic mass is 10.1. The molecule has 0 spiro atoms. The van der Waals surface area contributed by atoms with Crippen LogP contribution in [0.3, 0.4) is 0 Å². The molecule has 2 aromatic rings. The van der Waals surface area contributed by atoms with E-state index in [1.165, 1.54) is 37.5 Å². The number of carbonyl (C=O) groups excluding carboxylic acids is 2. The number of benzene rings is 1. The van der Waals surface area contributed by atoms with Gasteiger partial charge in [0.2, 0.25) is 5.91 Å². The van der Waals surface area contributed by atoms with Crippen molar-refractivity contribution in [3.05, 3.63) is 62.0 Å². The summed E-state index contributed by atoms with van der Waals surface area (Å²) in [4.78, 5) is 34.2. The van der Waals surface area contributed by atoms with Crippen molar-refractivity contribution in [2.75, 3.05) is 12.4 Å². The fraction of sp³-hybridized carbons (Fsp3) is 0.118. The number of hydrogen-bond donors (Lipinski definition) is 1. The minimum atomic E-state index is -0.586. The predicted octanol–water partition coefficient (Wildman–Crippen LogP) is 3.27. The van der Waals surface area contributed by atoms with E-state index in [1.807, 2.05) is 6.07 Å². The van der Waals surface area contributed by atoms with E-state index < -0.39 is 16.8 Å². The molecule has 0 saturated heterocycles. The fourth-order valence-electron chi connectivity index (χ4n) is 2.09. The molecule has 1 aromatic carbocycles. The Bertz CT molecular complexity index is 956. The first-order chi connectivity index (χ1) is 12.4. The molecule has 132 valence electrons. The fourth-order valence-corrected chi connectivity index (χ4v) is 3.17. The Balaban J connectivity index is 2.20. The van der Waals surface area contributed by atoms with Crippen molar-refractivity contribution in [3.63, 3.8) is 0 Å². The topological polar surface area (TPSA) is 122 Å². The summed E-state index contributed by atoms with van der Waals surface area (Å²) in [5.41, 5.74) is 1.01. The van der Waals surface area contributed by atoms with Crippen molar-refractivity contribution >= 4 is 40.0 Å². The van der Waals surface area contributed by atoms with Gasteiger partial charge in [0, 0.05) is 18.2 Å². The highest BCUT2D eigenvalue weighted by Crippen LogP contribution is 2.33. The molecule has 1 heterocycles. The molecule has 0 radical (unpaired) electrons. The molecular formula is C17H13N3O5S. The molecule has 0 aliphatic rings. The van der Waals surface area contributed by atoms with Crippen molar-refractivity contribution in [2.45, 2.75) is 6.92 Å². The van der Waals surface area contributed by atoms with Crippen molar-refractivity contribution in [3.8, 4) is 6.07 Å². The number of nitriles is 1. The van der Waals surface area contributed by atoms with Crippen molar-refractivity contribution in [1.29, 1.82) is 5.26 Å². The number of nitro benzene ring substituents is 1. The predicted molar refractivity (Wildman–Crippen MR) is 95.9 cm³/mol. The summed E-state index contributed by atoms with van der Waals surface area (Å²) in [6, 6.07) is 7.75. The van der Waals surface area contributed by atoms with Crippen LogP contribution in [0.5, 0.6) is 0 Å². The van der Waals surface area contributed by atoms with Gasteiger partial charge in [-0.15, -0.1) is 11.3 Å². The van der Waals surface area contributed by atoms with E-state index >= 15 is 0 Å². The number of rotatable bonds is 5. The molecule has 0 unspecified atom stereocenters. The third-order valence-electron chi connectivity index (χ3n) is 3.37. The maximum absolute atomic E-state index is 12.1. The normalized spacial score (nSPS) is 10.3. The molecule has 1 aromatic heterocycles. The summed E-state index contributed by atoms with van der Waals surface area (Å²) in [5.74, 6) is -1.12. The lowest BCUT2D eigenvalue weighted by molar-refractivity contribution is -0.384. The summed E-state index contributed by atoms with van der Waals surface area (Å²) in [5, 5.41) is 22.8. The molecular weight excluding hydrogens is 358 g/mol.